The highest BCUT2D eigenvalue weighted by atomic mass is 35.5. The summed E-state index contributed by atoms with van der Waals surface area (Å²) in [7, 11) is 0. The summed E-state index contributed by atoms with van der Waals surface area (Å²) >= 11 is 12.0. The Hall–Kier alpha value is -2.35. The number of hydrogen-bond acceptors (Lipinski definition) is 5. The molecule has 0 atom stereocenters. The van der Waals surface area contributed by atoms with Crippen LogP contribution in [0, 0.1) is 6.92 Å². The molecule has 4 rings (SSSR count). The van der Waals surface area contributed by atoms with E-state index in [0.717, 1.165) is 49.4 Å². The van der Waals surface area contributed by atoms with Gasteiger partial charge in [0.25, 0.3) is 11.8 Å². The zero-order valence-electron chi connectivity index (χ0n) is 18.2. The number of nitrogens with zero attached hydrogens (tertiary/aromatic N) is 3. The van der Waals surface area contributed by atoms with Crippen molar-refractivity contribution in [1.29, 1.82) is 0 Å². The van der Waals surface area contributed by atoms with Gasteiger partial charge in [-0.2, -0.15) is 5.10 Å². The SMILES string of the molecule is CCN1CCN(C(=O)c2oc3c(c2C)/C(=N/NC(=O)c2ccc(Cl)cc2Cl)CCC3)CC1. The summed E-state index contributed by atoms with van der Waals surface area (Å²) in [4.78, 5) is 29.9. The monoisotopic (exact) mass is 476 g/mol. The van der Waals surface area contributed by atoms with E-state index in [1.165, 1.54) is 6.07 Å². The van der Waals surface area contributed by atoms with E-state index in [2.05, 4.69) is 22.4 Å². The smallest absolute Gasteiger partial charge is 0.289 e. The molecule has 1 saturated heterocycles. The van der Waals surface area contributed by atoms with Gasteiger partial charge in [-0.15, -0.1) is 0 Å². The van der Waals surface area contributed by atoms with Crippen LogP contribution >= 0.6 is 23.2 Å². The average Bonchev–Trinajstić information content (AvgIpc) is 3.14. The third-order valence-electron chi connectivity index (χ3n) is 6.09. The van der Waals surface area contributed by atoms with Gasteiger partial charge in [-0.25, -0.2) is 5.43 Å². The number of aryl methyl sites for hydroxylation is 1. The summed E-state index contributed by atoms with van der Waals surface area (Å²) in [5, 5.41) is 5.08. The molecule has 1 aliphatic heterocycles. The van der Waals surface area contributed by atoms with E-state index in [1.54, 1.807) is 12.1 Å². The second kappa shape index (κ2) is 9.65. The number of hydrogen-bond donors (Lipinski definition) is 1. The van der Waals surface area contributed by atoms with Gasteiger partial charge >= 0.3 is 0 Å². The van der Waals surface area contributed by atoms with Crippen molar-refractivity contribution in [2.45, 2.75) is 33.1 Å². The molecule has 0 radical (unpaired) electrons. The number of amides is 2. The molecule has 2 heterocycles. The van der Waals surface area contributed by atoms with Crippen LogP contribution in [-0.2, 0) is 6.42 Å². The molecule has 1 N–H and O–H groups in total. The minimum atomic E-state index is -0.419. The van der Waals surface area contributed by atoms with Gasteiger partial charge in [-0.05, 0) is 44.5 Å². The van der Waals surface area contributed by atoms with Gasteiger partial charge in [-0.1, -0.05) is 30.1 Å². The Bertz CT molecular complexity index is 1070. The summed E-state index contributed by atoms with van der Waals surface area (Å²) in [6, 6.07) is 4.68. The molecular formula is C23H26Cl2N4O3. The molecule has 1 aromatic heterocycles. The van der Waals surface area contributed by atoms with E-state index in [4.69, 9.17) is 27.6 Å². The third-order valence-corrected chi connectivity index (χ3v) is 6.64. The predicted octanol–water partition coefficient (Wildman–Crippen LogP) is 4.14. The second-order valence-corrected chi connectivity index (χ2v) is 8.90. The zero-order valence-corrected chi connectivity index (χ0v) is 19.7. The molecule has 2 amide bonds. The normalized spacial score (nSPS) is 18.0. The standard InChI is InChI=1S/C23H26Cl2N4O3/c1-3-28-9-11-29(12-10-28)23(31)21-14(2)20-18(5-4-6-19(20)32-21)26-27-22(30)16-8-7-15(24)13-17(16)25/h7-8,13H,3-6,9-12H2,1-2H3,(H,27,30)/b26-18+. The van der Waals surface area contributed by atoms with Crippen molar-refractivity contribution in [1.82, 2.24) is 15.2 Å². The Morgan fingerprint density at radius 3 is 2.59 bits per heavy atom. The van der Waals surface area contributed by atoms with Gasteiger partial charge in [0, 0.05) is 48.7 Å². The summed E-state index contributed by atoms with van der Waals surface area (Å²) < 4.78 is 6.02. The second-order valence-electron chi connectivity index (χ2n) is 8.06. The van der Waals surface area contributed by atoms with Crippen LogP contribution in [0.4, 0.5) is 0 Å². The maximum Gasteiger partial charge on any atom is 0.289 e. The topological polar surface area (TPSA) is 78.2 Å². The molecule has 0 bridgehead atoms. The molecule has 170 valence electrons. The van der Waals surface area contributed by atoms with E-state index in [1.807, 2.05) is 11.8 Å². The molecule has 1 aliphatic carbocycles. The van der Waals surface area contributed by atoms with Crippen LogP contribution in [0.15, 0.2) is 27.7 Å². The van der Waals surface area contributed by atoms with Crippen molar-refractivity contribution >= 4 is 40.7 Å². The molecule has 32 heavy (non-hydrogen) atoms. The third kappa shape index (κ3) is 4.56. The Kier molecular flexibility index (Phi) is 6.88. The highest BCUT2D eigenvalue weighted by Gasteiger charge is 2.31. The molecule has 1 aromatic carbocycles. The Morgan fingerprint density at radius 2 is 1.91 bits per heavy atom. The van der Waals surface area contributed by atoms with Crippen LogP contribution in [-0.4, -0.2) is 60.0 Å². The predicted molar refractivity (Wildman–Crippen MR) is 125 cm³/mol. The van der Waals surface area contributed by atoms with Crippen LogP contribution in [0.1, 0.15) is 57.6 Å². The minimum absolute atomic E-state index is 0.0796. The van der Waals surface area contributed by atoms with Gasteiger partial charge in [0.1, 0.15) is 5.76 Å². The van der Waals surface area contributed by atoms with Crippen LogP contribution < -0.4 is 5.43 Å². The number of benzene rings is 1. The van der Waals surface area contributed by atoms with E-state index in [0.29, 0.717) is 41.6 Å². The van der Waals surface area contributed by atoms with Crippen LogP contribution in [0.5, 0.6) is 0 Å². The number of likely N-dealkylation sites (N-methyl/N-ethyl adjacent to an activating group) is 1. The first kappa shape index (κ1) is 22.8. The highest BCUT2D eigenvalue weighted by molar-refractivity contribution is 6.36. The van der Waals surface area contributed by atoms with Gasteiger partial charge in [0.15, 0.2) is 5.76 Å². The molecule has 2 aliphatic rings. The summed E-state index contributed by atoms with van der Waals surface area (Å²) in [5.41, 5.74) is 5.20. The first-order valence-electron chi connectivity index (χ1n) is 10.8. The van der Waals surface area contributed by atoms with Crippen molar-refractivity contribution in [2.24, 2.45) is 5.10 Å². The van der Waals surface area contributed by atoms with Crippen molar-refractivity contribution < 1.29 is 14.0 Å². The van der Waals surface area contributed by atoms with Crippen molar-refractivity contribution in [2.75, 3.05) is 32.7 Å². The fourth-order valence-corrected chi connectivity index (χ4v) is 4.74. The van der Waals surface area contributed by atoms with Crippen molar-refractivity contribution in [3.8, 4) is 0 Å². The van der Waals surface area contributed by atoms with E-state index in [-0.39, 0.29) is 10.9 Å². The number of rotatable bonds is 4. The number of furan rings is 1. The number of piperazine rings is 1. The molecule has 0 spiro atoms. The maximum absolute atomic E-state index is 13.1. The zero-order chi connectivity index (χ0) is 22.8. The summed E-state index contributed by atoms with van der Waals surface area (Å²) in [6.45, 7) is 8.12. The minimum Gasteiger partial charge on any atom is -0.455 e. The number of hydrazone groups is 1. The van der Waals surface area contributed by atoms with Crippen molar-refractivity contribution in [3.05, 3.63) is 56.5 Å². The molecular weight excluding hydrogens is 451 g/mol. The maximum atomic E-state index is 13.1. The fourth-order valence-electron chi connectivity index (χ4n) is 4.25. The van der Waals surface area contributed by atoms with Crippen molar-refractivity contribution in [3.63, 3.8) is 0 Å². The average molecular weight is 477 g/mol. The molecule has 0 unspecified atom stereocenters. The van der Waals surface area contributed by atoms with Crippen LogP contribution in [0.3, 0.4) is 0 Å². The van der Waals surface area contributed by atoms with Gasteiger partial charge in [0.2, 0.25) is 0 Å². The molecule has 7 nitrogen and oxygen atoms in total. The van der Waals surface area contributed by atoms with Gasteiger partial charge in [0.05, 0.1) is 16.3 Å². The quantitative estimate of drug-likeness (QED) is 0.672. The number of carbonyl (C=O) groups is 2. The summed E-state index contributed by atoms with van der Waals surface area (Å²) in [6.07, 6.45) is 2.26. The lowest BCUT2D eigenvalue weighted by atomic mass is 9.93. The molecule has 0 saturated carbocycles. The fraction of sp³-hybridized carbons (Fsp3) is 0.435. The lowest BCUT2D eigenvalue weighted by Gasteiger charge is -2.33. The van der Waals surface area contributed by atoms with E-state index in [9.17, 15) is 9.59 Å². The number of carbonyl (C=O) groups excluding carboxylic acids is 2. The number of halogens is 2. The first-order chi connectivity index (χ1) is 15.4. The Morgan fingerprint density at radius 1 is 1.16 bits per heavy atom. The molecule has 9 heteroatoms. The lowest BCUT2D eigenvalue weighted by molar-refractivity contribution is 0.0609. The van der Waals surface area contributed by atoms with Crippen LogP contribution in [0.2, 0.25) is 10.0 Å². The molecule has 2 aromatic rings. The van der Waals surface area contributed by atoms with E-state index >= 15 is 0 Å². The Labute approximate surface area is 197 Å². The van der Waals surface area contributed by atoms with Crippen LogP contribution in [0.25, 0.3) is 0 Å². The largest absolute Gasteiger partial charge is 0.455 e. The Balaban J connectivity index is 1.54. The van der Waals surface area contributed by atoms with Gasteiger partial charge < -0.3 is 14.2 Å². The molecule has 1 fully saturated rings. The number of fused-ring (bicyclic) bond motifs is 1. The lowest BCUT2D eigenvalue weighted by Crippen LogP contribution is -2.48. The highest BCUT2D eigenvalue weighted by Crippen LogP contribution is 2.31. The number of nitrogens with one attached hydrogen (secondary N) is 1. The van der Waals surface area contributed by atoms with E-state index < -0.39 is 5.91 Å². The summed E-state index contributed by atoms with van der Waals surface area (Å²) in [5.74, 6) is 0.630. The first-order valence-corrected chi connectivity index (χ1v) is 11.6. The van der Waals surface area contributed by atoms with Gasteiger partial charge in [-0.3, -0.25) is 9.59 Å².